The first kappa shape index (κ1) is 16.3. The molecule has 0 aliphatic heterocycles. The standard InChI is InChI=1S/C22H18FN2O/c1-2-14-7-3-4-8-15(14)13-25-19-12-6-10-17(22(24)26)20(19)16-9-5-11-18(23)21(16)25/h3-8,10-12H,2,13H2,1H3,(H2,24,26). The molecular weight excluding hydrogens is 327 g/mol. The molecule has 0 saturated heterocycles. The van der Waals surface area contributed by atoms with Crippen LogP contribution in [0.2, 0.25) is 0 Å². The van der Waals surface area contributed by atoms with E-state index in [1.807, 2.05) is 22.8 Å². The molecule has 3 nitrogen and oxygen atoms in total. The number of nitrogens with zero attached hydrogens (tertiary/aromatic N) is 1. The molecule has 3 aromatic carbocycles. The molecule has 0 fully saturated rings. The van der Waals surface area contributed by atoms with Crippen LogP contribution in [0.4, 0.5) is 4.39 Å². The summed E-state index contributed by atoms with van der Waals surface area (Å²) in [5.41, 5.74) is 9.52. The van der Waals surface area contributed by atoms with E-state index in [0.717, 1.165) is 17.5 Å². The number of aryl methyl sites for hydroxylation is 1. The van der Waals surface area contributed by atoms with Crippen LogP contribution < -0.4 is 5.73 Å². The van der Waals surface area contributed by atoms with E-state index in [-0.39, 0.29) is 5.82 Å². The zero-order valence-corrected chi connectivity index (χ0v) is 14.4. The van der Waals surface area contributed by atoms with E-state index >= 15 is 0 Å². The molecule has 0 saturated carbocycles. The molecule has 0 bridgehead atoms. The van der Waals surface area contributed by atoms with Crippen LogP contribution in [0.3, 0.4) is 0 Å². The lowest BCUT2D eigenvalue weighted by molar-refractivity contribution is 0.100. The van der Waals surface area contributed by atoms with E-state index < -0.39 is 5.91 Å². The molecule has 26 heavy (non-hydrogen) atoms. The molecule has 129 valence electrons. The van der Waals surface area contributed by atoms with Crippen molar-refractivity contribution in [2.75, 3.05) is 0 Å². The quantitative estimate of drug-likeness (QED) is 0.584. The lowest BCUT2D eigenvalue weighted by Crippen LogP contribution is -2.11. The number of primary amides is 1. The summed E-state index contributed by atoms with van der Waals surface area (Å²) in [7, 11) is 0. The van der Waals surface area contributed by atoms with Crippen molar-refractivity contribution in [1.29, 1.82) is 0 Å². The molecule has 4 aromatic rings. The summed E-state index contributed by atoms with van der Waals surface area (Å²) in [4.78, 5) is 11.9. The van der Waals surface area contributed by atoms with Crippen molar-refractivity contribution in [2.24, 2.45) is 5.73 Å². The van der Waals surface area contributed by atoms with Gasteiger partial charge in [0.15, 0.2) is 0 Å². The number of rotatable bonds is 4. The summed E-state index contributed by atoms with van der Waals surface area (Å²) < 4.78 is 16.7. The van der Waals surface area contributed by atoms with Crippen molar-refractivity contribution in [3.8, 4) is 0 Å². The first-order valence-corrected chi connectivity index (χ1v) is 8.59. The van der Waals surface area contributed by atoms with Crippen molar-refractivity contribution < 1.29 is 9.18 Å². The largest absolute Gasteiger partial charge is 0.366 e. The van der Waals surface area contributed by atoms with Crippen molar-refractivity contribution in [1.82, 2.24) is 4.57 Å². The maximum atomic E-state index is 14.7. The highest BCUT2D eigenvalue weighted by molar-refractivity contribution is 6.17. The molecule has 1 radical (unpaired) electrons. The number of benzene rings is 3. The number of carbonyl (C=O) groups excluding carboxylic acids is 1. The van der Waals surface area contributed by atoms with Gasteiger partial charge < -0.3 is 10.3 Å². The molecule has 0 spiro atoms. The third-order valence-corrected chi connectivity index (χ3v) is 4.87. The Hall–Kier alpha value is -3.14. The van der Waals surface area contributed by atoms with E-state index in [4.69, 9.17) is 5.73 Å². The van der Waals surface area contributed by atoms with Crippen molar-refractivity contribution in [2.45, 2.75) is 19.9 Å². The second-order valence-corrected chi connectivity index (χ2v) is 6.32. The van der Waals surface area contributed by atoms with Gasteiger partial charge in [-0.05, 0) is 41.8 Å². The van der Waals surface area contributed by atoms with Crippen molar-refractivity contribution >= 4 is 27.7 Å². The highest BCUT2D eigenvalue weighted by Crippen LogP contribution is 2.33. The fourth-order valence-electron chi connectivity index (χ4n) is 3.66. The molecule has 4 heteroatoms. The van der Waals surface area contributed by atoms with Gasteiger partial charge in [0, 0.05) is 22.9 Å². The lowest BCUT2D eigenvalue weighted by atomic mass is 10.1. The Balaban J connectivity index is 2.07. The van der Waals surface area contributed by atoms with Crippen LogP contribution in [0.1, 0.15) is 28.4 Å². The molecule has 1 aromatic heterocycles. The van der Waals surface area contributed by atoms with Crippen LogP contribution in [-0.2, 0) is 13.0 Å². The summed E-state index contributed by atoms with van der Waals surface area (Å²) >= 11 is 0. The minimum Gasteiger partial charge on any atom is -0.366 e. The Morgan fingerprint density at radius 3 is 2.62 bits per heavy atom. The van der Waals surface area contributed by atoms with Crippen LogP contribution in [0.25, 0.3) is 21.8 Å². The van der Waals surface area contributed by atoms with Crippen LogP contribution in [0.15, 0.2) is 54.6 Å². The van der Waals surface area contributed by atoms with Crippen LogP contribution in [0.5, 0.6) is 0 Å². The van der Waals surface area contributed by atoms with Gasteiger partial charge >= 0.3 is 0 Å². The number of nitrogens with two attached hydrogens (primary N) is 1. The van der Waals surface area contributed by atoms with Gasteiger partial charge in [-0.3, -0.25) is 4.79 Å². The molecule has 2 N–H and O–H groups in total. The van der Waals surface area contributed by atoms with Crippen molar-refractivity contribution in [3.05, 3.63) is 83.2 Å². The Morgan fingerprint density at radius 1 is 1.12 bits per heavy atom. The number of hydrogen-bond donors (Lipinski definition) is 1. The average Bonchev–Trinajstić information content (AvgIpc) is 2.97. The van der Waals surface area contributed by atoms with E-state index in [0.29, 0.717) is 28.4 Å². The Labute approximate surface area is 150 Å². The molecule has 4 rings (SSSR count). The van der Waals surface area contributed by atoms with Gasteiger partial charge in [0.05, 0.1) is 11.0 Å². The average molecular weight is 345 g/mol. The smallest absolute Gasteiger partial charge is 0.249 e. The third kappa shape index (κ3) is 2.46. The monoisotopic (exact) mass is 345 g/mol. The fourth-order valence-corrected chi connectivity index (χ4v) is 3.66. The highest BCUT2D eigenvalue weighted by Gasteiger charge is 2.19. The van der Waals surface area contributed by atoms with Gasteiger partial charge in [-0.15, -0.1) is 0 Å². The van der Waals surface area contributed by atoms with Crippen molar-refractivity contribution in [3.63, 3.8) is 0 Å². The SMILES string of the molecule is CCc1ccccc1Cn1c2cccc(C(N)=O)c2c2[c]ccc(F)c21. The Morgan fingerprint density at radius 2 is 1.88 bits per heavy atom. The minimum absolute atomic E-state index is 0.334. The number of hydrogen-bond acceptors (Lipinski definition) is 1. The zero-order chi connectivity index (χ0) is 18.3. The lowest BCUT2D eigenvalue weighted by Gasteiger charge is -2.12. The Kier molecular flexibility index (Phi) is 3.96. The molecular formula is C22H18FN2O. The summed E-state index contributed by atoms with van der Waals surface area (Å²) in [5.74, 6) is -0.861. The maximum absolute atomic E-state index is 14.7. The Bertz CT molecular complexity index is 1140. The number of halogens is 1. The predicted octanol–water partition coefficient (Wildman–Crippen LogP) is 4.44. The topological polar surface area (TPSA) is 48.0 Å². The van der Waals surface area contributed by atoms with E-state index in [1.165, 1.54) is 11.6 Å². The summed E-state index contributed by atoms with van der Waals surface area (Å²) in [6, 6.07) is 19.5. The molecule has 0 aliphatic rings. The van der Waals surface area contributed by atoms with Crippen LogP contribution in [-0.4, -0.2) is 10.5 Å². The van der Waals surface area contributed by atoms with Gasteiger partial charge in [-0.1, -0.05) is 43.3 Å². The van der Waals surface area contributed by atoms with Crippen LogP contribution in [0, 0.1) is 11.9 Å². The molecule has 0 unspecified atom stereocenters. The molecule has 1 amide bonds. The number of amides is 1. The normalized spacial score (nSPS) is 11.3. The van der Waals surface area contributed by atoms with Gasteiger partial charge in [0.25, 0.3) is 0 Å². The molecule has 0 atom stereocenters. The number of fused-ring (bicyclic) bond motifs is 3. The second-order valence-electron chi connectivity index (χ2n) is 6.32. The van der Waals surface area contributed by atoms with E-state index in [1.54, 1.807) is 18.2 Å². The van der Waals surface area contributed by atoms with Gasteiger partial charge in [0.1, 0.15) is 5.82 Å². The van der Waals surface area contributed by atoms with Crippen LogP contribution >= 0.6 is 0 Å². The first-order valence-electron chi connectivity index (χ1n) is 8.59. The van der Waals surface area contributed by atoms with E-state index in [9.17, 15) is 9.18 Å². The van der Waals surface area contributed by atoms with E-state index in [2.05, 4.69) is 25.1 Å². The highest BCUT2D eigenvalue weighted by atomic mass is 19.1. The second kappa shape index (κ2) is 6.30. The van der Waals surface area contributed by atoms with Gasteiger partial charge in [-0.25, -0.2) is 4.39 Å². The molecule has 1 heterocycles. The third-order valence-electron chi connectivity index (χ3n) is 4.87. The number of carbonyl (C=O) groups is 1. The zero-order valence-electron chi connectivity index (χ0n) is 14.4. The maximum Gasteiger partial charge on any atom is 0.249 e. The minimum atomic E-state index is -0.527. The number of aromatic nitrogens is 1. The van der Waals surface area contributed by atoms with Gasteiger partial charge in [-0.2, -0.15) is 0 Å². The van der Waals surface area contributed by atoms with Gasteiger partial charge in [0.2, 0.25) is 5.91 Å². The summed E-state index contributed by atoms with van der Waals surface area (Å²) in [6.07, 6.45) is 0.897. The summed E-state index contributed by atoms with van der Waals surface area (Å²) in [5, 5.41) is 1.24. The summed E-state index contributed by atoms with van der Waals surface area (Å²) in [6.45, 7) is 2.62. The molecule has 0 aliphatic carbocycles. The fraction of sp³-hybridized carbons (Fsp3) is 0.136. The first-order chi connectivity index (χ1) is 12.6. The predicted molar refractivity (Wildman–Crippen MR) is 102 cm³/mol.